The summed E-state index contributed by atoms with van der Waals surface area (Å²) in [4.78, 5) is 17.1. The van der Waals surface area contributed by atoms with Gasteiger partial charge in [-0.05, 0) is 24.6 Å². The fraction of sp³-hybridized carbons (Fsp3) is 0.333. The minimum atomic E-state index is -0.00484. The summed E-state index contributed by atoms with van der Waals surface area (Å²) in [6.07, 6.45) is 2.65. The average Bonchev–Trinajstić information content (AvgIpc) is 3.08. The normalized spacial score (nSPS) is 18.9. The van der Waals surface area contributed by atoms with Gasteiger partial charge in [0.2, 0.25) is 0 Å². The summed E-state index contributed by atoms with van der Waals surface area (Å²) in [6.45, 7) is 1.30. The molecule has 3 heterocycles. The molecular weight excluding hydrogens is 334 g/mol. The first-order valence-corrected chi connectivity index (χ1v) is 7.69. The standard InChI is InChI=1S/C15H14BrN3O2/c1-18-13-7-17-12-3-2-9(16)6-11(12)14(13)19(15(18)20)10-4-5-21-8-10/h2-3,6-7,10H,4-5,8H2,1H3/t10-/m0/s1. The number of benzene rings is 1. The third kappa shape index (κ3) is 1.86. The smallest absolute Gasteiger partial charge is 0.329 e. The summed E-state index contributed by atoms with van der Waals surface area (Å²) in [6, 6.07) is 6.05. The van der Waals surface area contributed by atoms with Crippen LogP contribution in [-0.2, 0) is 11.8 Å². The lowest BCUT2D eigenvalue weighted by molar-refractivity contribution is 0.186. The molecule has 1 aromatic carbocycles. The van der Waals surface area contributed by atoms with E-state index in [1.54, 1.807) is 17.8 Å². The second kappa shape index (κ2) is 4.68. The van der Waals surface area contributed by atoms with Crippen LogP contribution in [0.4, 0.5) is 0 Å². The number of hydrogen-bond donors (Lipinski definition) is 0. The van der Waals surface area contributed by atoms with Gasteiger partial charge in [-0.2, -0.15) is 0 Å². The highest BCUT2D eigenvalue weighted by atomic mass is 79.9. The van der Waals surface area contributed by atoms with E-state index in [1.165, 1.54) is 0 Å². The molecule has 0 spiro atoms. The number of aromatic nitrogens is 3. The van der Waals surface area contributed by atoms with Crippen LogP contribution in [0, 0.1) is 0 Å². The van der Waals surface area contributed by atoms with E-state index in [2.05, 4.69) is 20.9 Å². The van der Waals surface area contributed by atoms with Gasteiger partial charge >= 0.3 is 5.69 Å². The Morgan fingerprint density at radius 3 is 3.05 bits per heavy atom. The molecular formula is C15H14BrN3O2. The van der Waals surface area contributed by atoms with Crippen LogP contribution in [0.5, 0.6) is 0 Å². The summed E-state index contributed by atoms with van der Waals surface area (Å²) in [5, 5.41) is 0.992. The number of rotatable bonds is 1. The fourth-order valence-electron chi connectivity index (χ4n) is 3.06. The van der Waals surface area contributed by atoms with E-state index >= 15 is 0 Å². The number of imidazole rings is 1. The Hall–Kier alpha value is -1.66. The van der Waals surface area contributed by atoms with Crippen LogP contribution in [0.2, 0.25) is 0 Å². The minimum Gasteiger partial charge on any atom is -0.379 e. The van der Waals surface area contributed by atoms with Gasteiger partial charge in [0.05, 0.1) is 35.4 Å². The fourth-order valence-corrected chi connectivity index (χ4v) is 3.42. The van der Waals surface area contributed by atoms with Crippen molar-refractivity contribution in [3.8, 4) is 0 Å². The SMILES string of the molecule is Cn1c(=O)n([C@H]2CCOC2)c2c3cc(Br)ccc3ncc21. The zero-order valence-corrected chi connectivity index (χ0v) is 13.1. The first kappa shape index (κ1) is 13.0. The molecule has 1 atom stereocenters. The van der Waals surface area contributed by atoms with Crippen molar-refractivity contribution >= 4 is 37.9 Å². The topological polar surface area (TPSA) is 49.0 Å². The summed E-state index contributed by atoms with van der Waals surface area (Å²) >= 11 is 3.50. The van der Waals surface area contributed by atoms with Crippen LogP contribution >= 0.6 is 15.9 Å². The van der Waals surface area contributed by atoms with E-state index in [-0.39, 0.29) is 11.7 Å². The van der Waals surface area contributed by atoms with Crippen LogP contribution < -0.4 is 5.69 Å². The van der Waals surface area contributed by atoms with E-state index < -0.39 is 0 Å². The molecule has 1 fully saturated rings. The second-order valence-corrected chi connectivity index (χ2v) is 6.30. The van der Waals surface area contributed by atoms with E-state index in [9.17, 15) is 4.79 Å². The lowest BCUT2D eigenvalue weighted by Crippen LogP contribution is -2.26. The molecule has 0 amide bonds. The number of ether oxygens (including phenoxy) is 1. The molecule has 108 valence electrons. The lowest BCUT2D eigenvalue weighted by Gasteiger charge is -2.11. The molecule has 1 saturated heterocycles. The first-order valence-electron chi connectivity index (χ1n) is 6.90. The Morgan fingerprint density at radius 2 is 2.29 bits per heavy atom. The molecule has 4 rings (SSSR count). The zero-order valence-electron chi connectivity index (χ0n) is 11.5. The highest BCUT2D eigenvalue weighted by Gasteiger charge is 2.24. The highest BCUT2D eigenvalue weighted by Crippen LogP contribution is 2.29. The maximum Gasteiger partial charge on any atom is 0.329 e. The summed E-state index contributed by atoms with van der Waals surface area (Å²) in [5.74, 6) is 0. The molecule has 1 aliphatic heterocycles. The Labute approximate surface area is 129 Å². The maximum absolute atomic E-state index is 12.6. The number of nitrogens with zero attached hydrogens (tertiary/aromatic N) is 3. The Kier molecular flexibility index (Phi) is 2.90. The molecule has 0 N–H and O–H groups in total. The van der Waals surface area contributed by atoms with Crippen LogP contribution in [0.1, 0.15) is 12.5 Å². The van der Waals surface area contributed by atoms with Gasteiger partial charge in [-0.1, -0.05) is 15.9 Å². The predicted molar refractivity (Wildman–Crippen MR) is 84.7 cm³/mol. The monoisotopic (exact) mass is 347 g/mol. The molecule has 1 aliphatic rings. The van der Waals surface area contributed by atoms with Crippen molar-refractivity contribution in [1.82, 2.24) is 14.1 Å². The predicted octanol–water partition coefficient (Wildman–Crippen LogP) is 2.61. The van der Waals surface area contributed by atoms with Gasteiger partial charge in [0, 0.05) is 23.5 Å². The van der Waals surface area contributed by atoms with Crippen molar-refractivity contribution in [1.29, 1.82) is 0 Å². The molecule has 0 saturated carbocycles. The van der Waals surface area contributed by atoms with Gasteiger partial charge in [0.15, 0.2) is 0 Å². The molecule has 0 bridgehead atoms. The molecule has 6 heteroatoms. The van der Waals surface area contributed by atoms with Crippen molar-refractivity contribution in [2.24, 2.45) is 7.05 Å². The molecule has 0 radical (unpaired) electrons. The van der Waals surface area contributed by atoms with Crippen molar-refractivity contribution in [2.75, 3.05) is 13.2 Å². The molecule has 0 unspecified atom stereocenters. The third-order valence-corrected chi connectivity index (χ3v) is 4.64. The quantitative estimate of drug-likeness (QED) is 0.679. The first-order chi connectivity index (χ1) is 10.2. The third-order valence-electron chi connectivity index (χ3n) is 4.15. The second-order valence-electron chi connectivity index (χ2n) is 5.38. The molecule has 3 aromatic rings. The number of pyridine rings is 1. The Balaban J connectivity index is 2.18. The Morgan fingerprint density at radius 1 is 1.43 bits per heavy atom. The number of aryl methyl sites for hydroxylation is 1. The van der Waals surface area contributed by atoms with Crippen molar-refractivity contribution < 1.29 is 4.74 Å². The van der Waals surface area contributed by atoms with Gasteiger partial charge in [-0.15, -0.1) is 0 Å². The molecule has 21 heavy (non-hydrogen) atoms. The van der Waals surface area contributed by atoms with E-state index in [0.717, 1.165) is 32.8 Å². The van der Waals surface area contributed by atoms with Crippen molar-refractivity contribution in [2.45, 2.75) is 12.5 Å². The van der Waals surface area contributed by atoms with Crippen molar-refractivity contribution in [3.05, 3.63) is 39.4 Å². The zero-order chi connectivity index (χ0) is 14.6. The van der Waals surface area contributed by atoms with Crippen LogP contribution in [0.25, 0.3) is 21.9 Å². The van der Waals surface area contributed by atoms with Gasteiger partial charge in [0.1, 0.15) is 0 Å². The van der Waals surface area contributed by atoms with Crippen LogP contribution in [0.3, 0.4) is 0 Å². The number of fused-ring (bicyclic) bond motifs is 3. The van der Waals surface area contributed by atoms with Gasteiger partial charge in [0.25, 0.3) is 0 Å². The maximum atomic E-state index is 12.6. The average molecular weight is 348 g/mol. The molecule has 2 aromatic heterocycles. The van der Waals surface area contributed by atoms with Crippen LogP contribution in [-0.4, -0.2) is 27.3 Å². The highest BCUT2D eigenvalue weighted by molar-refractivity contribution is 9.10. The van der Waals surface area contributed by atoms with Gasteiger partial charge in [-0.25, -0.2) is 4.79 Å². The molecule has 5 nitrogen and oxygen atoms in total. The van der Waals surface area contributed by atoms with E-state index in [1.807, 2.05) is 22.8 Å². The summed E-state index contributed by atoms with van der Waals surface area (Å²) < 4.78 is 9.99. The largest absolute Gasteiger partial charge is 0.379 e. The van der Waals surface area contributed by atoms with E-state index in [0.29, 0.717) is 13.2 Å². The lowest BCUT2D eigenvalue weighted by atomic mass is 10.1. The minimum absolute atomic E-state index is 0.00484. The Bertz CT molecular complexity index is 907. The summed E-state index contributed by atoms with van der Waals surface area (Å²) in [5.41, 5.74) is 2.69. The van der Waals surface area contributed by atoms with Gasteiger partial charge in [-0.3, -0.25) is 14.1 Å². The number of halogens is 1. The van der Waals surface area contributed by atoms with Crippen molar-refractivity contribution in [3.63, 3.8) is 0 Å². The van der Waals surface area contributed by atoms with Gasteiger partial charge < -0.3 is 4.74 Å². The van der Waals surface area contributed by atoms with Crippen LogP contribution in [0.15, 0.2) is 33.7 Å². The van der Waals surface area contributed by atoms with E-state index in [4.69, 9.17) is 4.74 Å². The number of hydrogen-bond acceptors (Lipinski definition) is 3. The summed E-state index contributed by atoms with van der Waals surface area (Å²) in [7, 11) is 1.79. The molecule has 0 aliphatic carbocycles.